The number of anilines is 1. The molecule has 0 aromatic carbocycles. The Kier molecular flexibility index (Phi) is 3.31. The van der Waals surface area contributed by atoms with Crippen LogP contribution in [0.1, 0.15) is 6.42 Å². The third-order valence-corrected chi connectivity index (χ3v) is 2.48. The first-order chi connectivity index (χ1) is 7.83. The lowest BCUT2D eigenvalue weighted by atomic mass is 10.4. The second-order valence-corrected chi connectivity index (χ2v) is 3.69. The minimum absolute atomic E-state index is 0.800. The van der Waals surface area contributed by atoms with Crippen LogP contribution < -0.4 is 10.2 Å². The number of nitrogens with one attached hydrogen (secondary N) is 1. The summed E-state index contributed by atoms with van der Waals surface area (Å²) in [6, 6.07) is 0. The fraction of sp³-hybridized carbons (Fsp3) is 0.500. The minimum Gasteiger partial charge on any atom is -0.356 e. The molecule has 6 heteroatoms. The third-order valence-electron chi connectivity index (χ3n) is 2.48. The average molecular weight is 220 g/mol. The summed E-state index contributed by atoms with van der Waals surface area (Å²) in [6.07, 6.45) is 6.37. The van der Waals surface area contributed by atoms with Gasteiger partial charge in [-0.25, -0.2) is 4.98 Å². The van der Waals surface area contributed by atoms with Crippen molar-refractivity contribution in [1.29, 1.82) is 0 Å². The lowest BCUT2D eigenvalue weighted by molar-refractivity contribution is 0.709. The monoisotopic (exact) mass is 220 g/mol. The van der Waals surface area contributed by atoms with Crippen molar-refractivity contribution in [2.24, 2.45) is 0 Å². The maximum absolute atomic E-state index is 4.34. The molecule has 0 atom stereocenters. The summed E-state index contributed by atoms with van der Waals surface area (Å²) in [4.78, 5) is 6.44. The number of hydrogen-bond donors (Lipinski definition) is 1. The van der Waals surface area contributed by atoms with Gasteiger partial charge in [-0.1, -0.05) is 0 Å². The van der Waals surface area contributed by atoms with Crippen molar-refractivity contribution in [2.75, 3.05) is 32.1 Å². The van der Waals surface area contributed by atoms with E-state index >= 15 is 0 Å². The fourth-order valence-electron chi connectivity index (χ4n) is 1.61. The van der Waals surface area contributed by atoms with Gasteiger partial charge in [0.1, 0.15) is 6.33 Å². The smallest absolute Gasteiger partial charge is 0.203 e. The average Bonchev–Trinajstić information content (AvgIpc) is 2.76. The maximum atomic E-state index is 4.34. The van der Waals surface area contributed by atoms with Crippen molar-refractivity contribution >= 4 is 11.5 Å². The van der Waals surface area contributed by atoms with Gasteiger partial charge < -0.3 is 10.2 Å². The lowest BCUT2D eigenvalue weighted by Crippen LogP contribution is -2.23. The Bertz CT molecular complexity index is 451. The Morgan fingerprint density at radius 3 is 3.19 bits per heavy atom. The summed E-state index contributed by atoms with van der Waals surface area (Å²) in [7, 11) is 3.98. The van der Waals surface area contributed by atoms with Gasteiger partial charge in [0.2, 0.25) is 5.65 Å². The highest BCUT2D eigenvalue weighted by atomic mass is 15.3. The first-order valence-electron chi connectivity index (χ1n) is 5.33. The third kappa shape index (κ3) is 2.11. The van der Waals surface area contributed by atoms with E-state index in [0.717, 1.165) is 31.0 Å². The molecule has 2 aromatic rings. The van der Waals surface area contributed by atoms with Crippen molar-refractivity contribution in [1.82, 2.24) is 24.9 Å². The van der Waals surface area contributed by atoms with Gasteiger partial charge in [-0.2, -0.15) is 0 Å². The van der Waals surface area contributed by atoms with Gasteiger partial charge in [-0.05, 0) is 20.0 Å². The van der Waals surface area contributed by atoms with Gasteiger partial charge in [-0.15, -0.1) is 10.2 Å². The van der Waals surface area contributed by atoms with Crippen molar-refractivity contribution in [3.05, 3.63) is 18.7 Å². The van der Waals surface area contributed by atoms with Crippen LogP contribution in [-0.4, -0.2) is 46.8 Å². The molecular weight excluding hydrogens is 204 g/mol. The van der Waals surface area contributed by atoms with Gasteiger partial charge in [0.15, 0.2) is 5.82 Å². The zero-order valence-electron chi connectivity index (χ0n) is 9.59. The predicted molar refractivity (Wildman–Crippen MR) is 62.6 cm³/mol. The van der Waals surface area contributed by atoms with Crippen LogP contribution in [0.4, 0.5) is 5.82 Å². The van der Waals surface area contributed by atoms with E-state index in [9.17, 15) is 0 Å². The van der Waals surface area contributed by atoms with Crippen molar-refractivity contribution in [2.45, 2.75) is 6.42 Å². The van der Waals surface area contributed by atoms with Crippen molar-refractivity contribution in [3.63, 3.8) is 0 Å². The van der Waals surface area contributed by atoms with E-state index in [1.54, 1.807) is 12.5 Å². The molecule has 0 saturated heterocycles. The Balaban J connectivity index is 2.15. The van der Waals surface area contributed by atoms with Crippen LogP contribution in [0.15, 0.2) is 18.7 Å². The molecule has 0 saturated carbocycles. The molecule has 2 aromatic heterocycles. The molecular formula is C10H16N6. The molecule has 0 spiro atoms. The molecule has 86 valence electrons. The number of rotatable bonds is 5. The SMILES string of the molecule is CNCCCN(C)c1nccn2cnnc12. The van der Waals surface area contributed by atoms with E-state index in [-0.39, 0.29) is 0 Å². The van der Waals surface area contributed by atoms with Gasteiger partial charge in [0.25, 0.3) is 0 Å². The van der Waals surface area contributed by atoms with Crippen molar-refractivity contribution < 1.29 is 0 Å². The van der Waals surface area contributed by atoms with Gasteiger partial charge in [0.05, 0.1) is 0 Å². The Morgan fingerprint density at radius 1 is 1.50 bits per heavy atom. The molecule has 0 fully saturated rings. The summed E-state index contributed by atoms with van der Waals surface area (Å²) in [5.74, 6) is 0.871. The van der Waals surface area contributed by atoms with Crippen LogP contribution in [0.3, 0.4) is 0 Å². The summed E-state index contributed by atoms with van der Waals surface area (Å²) in [6.45, 7) is 1.94. The molecule has 0 bridgehead atoms. The van der Waals surface area contributed by atoms with Gasteiger partial charge in [-0.3, -0.25) is 4.40 Å². The highest BCUT2D eigenvalue weighted by Crippen LogP contribution is 2.14. The molecule has 16 heavy (non-hydrogen) atoms. The van der Waals surface area contributed by atoms with E-state index < -0.39 is 0 Å². The first-order valence-corrected chi connectivity index (χ1v) is 5.33. The van der Waals surface area contributed by atoms with E-state index in [1.165, 1.54) is 0 Å². The van der Waals surface area contributed by atoms with Crippen molar-refractivity contribution in [3.8, 4) is 0 Å². The fourth-order valence-corrected chi connectivity index (χ4v) is 1.61. The quantitative estimate of drug-likeness (QED) is 0.728. The van der Waals surface area contributed by atoms with Crippen LogP contribution in [0.2, 0.25) is 0 Å². The highest BCUT2D eigenvalue weighted by Gasteiger charge is 2.08. The number of aromatic nitrogens is 4. The van der Waals surface area contributed by atoms with Crippen LogP contribution in [0.5, 0.6) is 0 Å². The molecule has 0 unspecified atom stereocenters. The molecule has 0 amide bonds. The topological polar surface area (TPSA) is 58.4 Å². The second kappa shape index (κ2) is 4.89. The van der Waals surface area contributed by atoms with Crippen LogP contribution in [0.25, 0.3) is 5.65 Å². The molecule has 2 heterocycles. The summed E-state index contributed by atoms with van der Waals surface area (Å²) < 4.78 is 1.87. The summed E-state index contributed by atoms with van der Waals surface area (Å²) in [5.41, 5.74) is 0.800. The molecule has 0 aliphatic rings. The largest absolute Gasteiger partial charge is 0.356 e. The lowest BCUT2D eigenvalue weighted by Gasteiger charge is -2.17. The van der Waals surface area contributed by atoms with E-state index in [0.29, 0.717) is 0 Å². The van der Waals surface area contributed by atoms with Gasteiger partial charge in [0, 0.05) is 26.0 Å². The minimum atomic E-state index is 0.800. The molecule has 6 nitrogen and oxygen atoms in total. The predicted octanol–water partition coefficient (Wildman–Crippen LogP) is 0.170. The normalized spacial score (nSPS) is 10.9. The Labute approximate surface area is 94.3 Å². The highest BCUT2D eigenvalue weighted by molar-refractivity contribution is 5.62. The van der Waals surface area contributed by atoms with Gasteiger partial charge >= 0.3 is 0 Å². The van der Waals surface area contributed by atoms with Crippen LogP contribution in [-0.2, 0) is 0 Å². The summed E-state index contributed by atoms with van der Waals surface area (Å²) in [5, 5.41) is 11.1. The van der Waals surface area contributed by atoms with E-state index in [4.69, 9.17) is 0 Å². The number of fused-ring (bicyclic) bond motifs is 1. The van der Waals surface area contributed by atoms with Crippen LogP contribution in [0, 0.1) is 0 Å². The molecule has 0 aliphatic carbocycles. The van der Waals surface area contributed by atoms with E-state index in [2.05, 4.69) is 25.4 Å². The van der Waals surface area contributed by atoms with Crippen LogP contribution >= 0.6 is 0 Å². The zero-order valence-corrected chi connectivity index (χ0v) is 9.59. The maximum Gasteiger partial charge on any atom is 0.203 e. The second-order valence-electron chi connectivity index (χ2n) is 3.69. The number of nitrogens with zero attached hydrogens (tertiary/aromatic N) is 5. The Hall–Kier alpha value is -1.69. The number of hydrogen-bond acceptors (Lipinski definition) is 5. The van der Waals surface area contributed by atoms with E-state index in [1.807, 2.05) is 24.7 Å². The zero-order chi connectivity index (χ0) is 11.4. The Morgan fingerprint density at radius 2 is 2.38 bits per heavy atom. The molecule has 0 aliphatic heterocycles. The molecule has 0 radical (unpaired) electrons. The summed E-state index contributed by atoms with van der Waals surface area (Å²) >= 11 is 0. The molecule has 1 N–H and O–H groups in total. The standard InChI is InChI=1S/C10H16N6/c1-11-4-3-6-15(2)9-10-14-13-8-16(10)7-5-12-9/h5,7-8,11H,3-4,6H2,1-2H3. The molecule has 2 rings (SSSR count). The first kappa shape index (κ1) is 10.8.